The van der Waals surface area contributed by atoms with E-state index >= 15 is 0 Å². The van der Waals surface area contributed by atoms with Crippen molar-refractivity contribution in [2.24, 2.45) is 0 Å². The first-order chi connectivity index (χ1) is 8.24. The second-order valence-electron chi connectivity index (χ2n) is 4.24. The van der Waals surface area contributed by atoms with Crippen molar-refractivity contribution in [3.8, 4) is 0 Å². The quantitative estimate of drug-likeness (QED) is 0.575. The molecule has 2 aromatic rings. The molecule has 0 bridgehead atoms. The number of hydrogen-bond donors (Lipinski definition) is 0. The van der Waals surface area contributed by atoms with Gasteiger partial charge < -0.3 is 0 Å². The number of carbonyl (C=O) groups is 1. The molecule has 0 unspecified atom stereocenters. The van der Waals surface area contributed by atoms with Gasteiger partial charge in [-0.05, 0) is 30.9 Å². The fourth-order valence-corrected chi connectivity index (χ4v) is 2.15. The molecular formula is C15H17NO. The van der Waals surface area contributed by atoms with Crippen LogP contribution in [0.4, 0.5) is 0 Å². The number of nitrogens with zero attached hydrogens (tertiary/aromatic N) is 1. The zero-order chi connectivity index (χ0) is 12.3. The Kier molecular flexibility index (Phi) is 3.43. The number of rotatable bonds is 4. The normalized spacial score (nSPS) is 10.6. The summed E-state index contributed by atoms with van der Waals surface area (Å²) in [5.74, 6) is 0.0659. The van der Waals surface area contributed by atoms with E-state index in [-0.39, 0.29) is 5.91 Å². The van der Waals surface area contributed by atoms with Gasteiger partial charge in [-0.2, -0.15) is 0 Å². The maximum absolute atomic E-state index is 11.5. The number of hydrogen-bond acceptors (Lipinski definition) is 1. The van der Waals surface area contributed by atoms with E-state index in [1.54, 1.807) is 11.5 Å². The van der Waals surface area contributed by atoms with Gasteiger partial charge in [0.15, 0.2) is 0 Å². The number of carbonyl (C=O) groups excluding carboxylic acids is 1. The van der Waals surface area contributed by atoms with Gasteiger partial charge in [0.05, 0.1) is 5.52 Å². The molecule has 0 aliphatic rings. The largest absolute Gasteiger partial charge is 0.287 e. The third-order valence-electron chi connectivity index (χ3n) is 2.99. The number of allylic oxidation sites excluding steroid dienone is 1. The van der Waals surface area contributed by atoms with E-state index in [0.717, 1.165) is 24.8 Å². The molecule has 0 saturated carbocycles. The molecule has 0 amide bonds. The number of aryl methyl sites for hydroxylation is 1. The number of unbranched alkanes of at least 4 members (excludes halogenated alkanes) is 1. The summed E-state index contributed by atoms with van der Waals surface area (Å²) in [6, 6.07) is 8.06. The number of benzene rings is 1. The highest BCUT2D eigenvalue weighted by Crippen LogP contribution is 2.22. The highest BCUT2D eigenvalue weighted by Gasteiger charge is 2.09. The number of fused-ring (bicyclic) bond motifs is 1. The van der Waals surface area contributed by atoms with Crippen molar-refractivity contribution in [1.29, 1.82) is 0 Å². The third kappa shape index (κ3) is 2.31. The molecule has 0 saturated heterocycles. The molecule has 1 heterocycles. The zero-order valence-electron chi connectivity index (χ0n) is 10.1. The molecule has 0 N–H and O–H groups in total. The molecule has 2 nitrogen and oxygen atoms in total. The van der Waals surface area contributed by atoms with Crippen molar-refractivity contribution in [1.82, 2.24) is 4.57 Å². The van der Waals surface area contributed by atoms with Crippen molar-refractivity contribution in [2.75, 3.05) is 0 Å². The van der Waals surface area contributed by atoms with E-state index in [9.17, 15) is 4.79 Å². The van der Waals surface area contributed by atoms with Crippen LogP contribution in [0, 0.1) is 0 Å². The lowest BCUT2D eigenvalue weighted by Gasteiger charge is -1.97. The summed E-state index contributed by atoms with van der Waals surface area (Å²) in [4.78, 5) is 11.5. The van der Waals surface area contributed by atoms with Crippen molar-refractivity contribution < 1.29 is 4.79 Å². The summed E-state index contributed by atoms with van der Waals surface area (Å²) < 4.78 is 1.73. The third-order valence-corrected chi connectivity index (χ3v) is 2.99. The van der Waals surface area contributed by atoms with Crippen molar-refractivity contribution in [3.05, 3.63) is 48.7 Å². The monoisotopic (exact) mass is 227 g/mol. The molecule has 0 spiro atoms. The fourth-order valence-electron chi connectivity index (χ4n) is 2.15. The smallest absolute Gasteiger partial charge is 0.227 e. The maximum Gasteiger partial charge on any atom is 0.227 e. The van der Waals surface area contributed by atoms with Crippen LogP contribution in [0.3, 0.4) is 0 Å². The van der Waals surface area contributed by atoms with Gasteiger partial charge in [-0.3, -0.25) is 9.36 Å². The molecule has 2 heteroatoms. The molecule has 0 aliphatic carbocycles. The molecule has 1 aromatic heterocycles. The Bertz CT molecular complexity index is 551. The molecule has 1 aromatic carbocycles. The van der Waals surface area contributed by atoms with Gasteiger partial charge in [0.2, 0.25) is 5.91 Å². The maximum atomic E-state index is 11.5. The number of aromatic nitrogens is 1. The molecule has 88 valence electrons. The van der Waals surface area contributed by atoms with Crippen LogP contribution < -0.4 is 0 Å². The molecule has 0 fully saturated rings. The molecule has 2 rings (SSSR count). The van der Waals surface area contributed by atoms with Crippen molar-refractivity contribution in [3.63, 3.8) is 0 Å². The first-order valence-electron chi connectivity index (χ1n) is 5.95. The van der Waals surface area contributed by atoms with Crippen LogP contribution in [0.1, 0.15) is 30.1 Å². The van der Waals surface area contributed by atoms with Gasteiger partial charge in [0.1, 0.15) is 0 Å². The second kappa shape index (κ2) is 5.00. The summed E-state index contributed by atoms with van der Waals surface area (Å²) in [6.07, 6.45) is 6.99. The zero-order valence-corrected chi connectivity index (χ0v) is 10.1. The fraction of sp³-hybridized carbons (Fsp3) is 0.267. The summed E-state index contributed by atoms with van der Waals surface area (Å²) >= 11 is 0. The standard InChI is InChI=1S/C15H17NO/c1-3-4-5-8-13-11-16(12(2)17)15-10-7-6-9-14(13)15/h3,6-7,9-11H,1,4-5,8H2,2H3. The van der Waals surface area contributed by atoms with Gasteiger partial charge >= 0.3 is 0 Å². The van der Waals surface area contributed by atoms with E-state index in [4.69, 9.17) is 0 Å². The minimum absolute atomic E-state index is 0.0659. The van der Waals surface area contributed by atoms with Gasteiger partial charge in [0.25, 0.3) is 0 Å². The molecule has 0 atom stereocenters. The predicted octanol–water partition coefficient (Wildman–Crippen LogP) is 3.81. The van der Waals surface area contributed by atoms with Crippen LogP contribution in [0.15, 0.2) is 43.1 Å². The average molecular weight is 227 g/mol. The SMILES string of the molecule is C=CCCCc1cn(C(C)=O)c2ccccc12. The minimum atomic E-state index is 0.0659. The number of para-hydroxylation sites is 1. The average Bonchev–Trinajstić information content (AvgIpc) is 2.69. The van der Waals surface area contributed by atoms with Gasteiger partial charge in [-0.15, -0.1) is 6.58 Å². The summed E-state index contributed by atoms with van der Waals surface area (Å²) in [5, 5.41) is 1.19. The lowest BCUT2D eigenvalue weighted by atomic mass is 10.1. The summed E-state index contributed by atoms with van der Waals surface area (Å²) in [6.45, 7) is 5.33. The minimum Gasteiger partial charge on any atom is -0.287 e. The topological polar surface area (TPSA) is 22.0 Å². The second-order valence-corrected chi connectivity index (χ2v) is 4.24. The molecule has 0 radical (unpaired) electrons. The lowest BCUT2D eigenvalue weighted by molar-refractivity contribution is 0.0941. The Morgan fingerprint density at radius 3 is 2.88 bits per heavy atom. The Hall–Kier alpha value is -1.83. The Morgan fingerprint density at radius 1 is 1.41 bits per heavy atom. The summed E-state index contributed by atoms with van der Waals surface area (Å²) in [5.41, 5.74) is 2.26. The van der Waals surface area contributed by atoms with Crippen LogP contribution in [0.25, 0.3) is 10.9 Å². The van der Waals surface area contributed by atoms with Crippen molar-refractivity contribution in [2.45, 2.75) is 26.2 Å². The predicted molar refractivity (Wildman–Crippen MR) is 71.4 cm³/mol. The highest BCUT2D eigenvalue weighted by atomic mass is 16.1. The van der Waals surface area contributed by atoms with Crippen LogP contribution in [-0.2, 0) is 6.42 Å². The molecule has 0 aliphatic heterocycles. The van der Waals surface area contributed by atoms with E-state index < -0.39 is 0 Å². The first kappa shape index (κ1) is 11.6. The van der Waals surface area contributed by atoms with Gasteiger partial charge in [-0.25, -0.2) is 0 Å². The van der Waals surface area contributed by atoms with Gasteiger partial charge in [0, 0.05) is 18.5 Å². The first-order valence-corrected chi connectivity index (χ1v) is 5.95. The van der Waals surface area contributed by atoms with Gasteiger partial charge in [-0.1, -0.05) is 24.3 Å². The van der Waals surface area contributed by atoms with E-state index in [1.807, 2.05) is 30.5 Å². The van der Waals surface area contributed by atoms with Crippen LogP contribution >= 0.6 is 0 Å². The van der Waals surface area contributed by atoms with E-state index in [1.165, 1.54) is 10.9 Å². The van der Waals surface area contributed by atoms with Crippen LogP contribution in [0.2, 0.25) is 0 Å². The van der Waals surface area contributed by atoms with Crippen LogP contribution in [-0.4, -0.2) is 10.5 Å². The van der Waals surface area contributed by atoms with Crippen LogP contribution in [0.5, 0.6) is 0 Å². The molecular weight excluding hydrogens is 210 g/mol. The highest BCUT2D eigenvalue weighted by molar-refractivity contribution is 5.93. The van der Waals surface area contributed by atoms with E-state index in [0.29, 0.717) is 0 Å². The Morgan fingerprint density at radius 2 is 2.18 bits per heavy atom. The van der Waals surface area contributed by atoms with E-state index in [2.05, 4.69) is 12.6 Å². The Balaban J connectivity index is 2.41. The Labute approximate surface area is 102 Å². The summed E-state index contributed by atoms with van der Waals surface area (Å²) in [7, 11) is 0. The molecule has 17 heavy (non-hydrogen) atoms. The lowest BCUT2D eigenvalue weighted by Crippen LogP contribution is -2.02. The van der Waals surface area contributed by atoms with Crippen molar-refractivity contribution >= 4 is 16.8 Å².